The molecule has 0 unspecified atom stereocenters. The number of aromatic nitrogens is 1. The van der Waals surface area contributed by atoms with E-state index in [9.17, 15) is 4.39 Å². The SMILES string of the molecule is Cc1sc2nc(F)ccc2c1N. The van der Waals surface area contributed by atoms with Crippen molar-refractivity contribution in [2.45, 2.75) is 6.92 Å². The highest BCUT2D eigenvalue weighted by molar-refractivity contribution is 7.19. The number of fused-ring (bicyclic) bond motifs is 1. The Morgan fingerprint density at radius 1 is 1.50 bits per heavy atom. The number of nitrogen functional groups attached to an aromatic ring is 1. The van der Waals surface area contributed by atoms with Crippen LogP contribution in [0.1, 0.15) is 4.88 Å². The molecule has 0 aliphatic carbocycles. The molecule has 0 spiro atoms. The fourth-order valence-electron chi connectivity index (χ4n) is 1.09. The average Bonchev–Trinajstić information content (AvgIpc) is 2.28. The zero-order chi connectivity index (χ0) is 8.72. The second-order valence-electron chi connectivity index (χ2n) is 2.56. The molecule has 2 N–H and O–H groups in total. The summed E-state index contributed by atoms with van der Waals surface area (Å²) in [6, 6.07) is 2.99. The third kappa shape index (κ3) is 0.956. The molecule has 62 valence electrons. The fraction of sp³-hybridized carbons (Fsp3) is 0.125. The van der Waals surface area contributed by atoms with E-state index in [-0.39, 0.29) is 0 Å². The maximum absolute atomic E-state index is 12.6. The zero-order valence-electron chi connectivity index (χ0n) is 6.47. The van der Waals surface area contributed by atoms with E-state index in [4.69, 9.17) is 5.73 Å². The number of nitrogens with two attached hydrogens (primary N) is 1. The van der Waals surface area contributed by atoms with Crippen molar-refractivity contribution in [2.24, 2.45) is 0 Å². The highest BCUT2D eigenvalue weighted by atomic mass is 32.1. The van der Waals surface area contributed by atoms with Gasteiger partial charge >= 0.3 is 0 Å². The lowest BCUT2D eigenvalue weighted by Gasteiger charge is -1.90. The number of anilines is 1. The predicted octanol–water partition coefficient (Wildman–Crippen LogP) is 2.33. The van der Waals surface area contributed by atoms with Crippen molar-refractivity contribution < 1.29 is 4.39 Å². The van der Waals surface area contributed by atoms with Crippen LogP contribution in [0.4, 0.5) is 10.1 Å². The van der Waals surface area contributed by atoms with Crippen LogP contribution < -0.4 is 5.73 Å². The molecule has 2 aromatic rings. The monoisotopic (exact) mass is 182 g/mol. The molecule has 0 aliphatic heterocycles. The fourth-order valence-corrected chi connectivity index (χ4v) is 2.02. The van der Waals surface area contributed by atoms with E-state index >= 15 is 0 Å². The molecule has 0 bridgehead atoms. The van der Waals surface area contributed by atoms with Gasteiger partial charge in [0.05, 0.1) is 5.69 Å². The molecule has 2 heterocycles. The second-order valence-corrected chi connectivity index (χ2v) is 3.76. The third-order valence-corrected chi connectivity index (χ3v) is 2.78. The molecule has 12 heavy (non-hydrogen) atoms. The Morgan fingerprint density at radius 3 is 3.00 bits per heavy atom. The van der Waals surface area contributed by atoms with Crippen molar-refractivity contribution in [1.29, 1.82) is 0 Å². The molecule has 0 saturated heterocycles. The summed E-state index contributed by atoms with van der Waals surface area (Å²) in [5.41, 5.74) is 6.45. The summed E-state index contributed by atoms with van der Waals surface area (Å²) >= 11 is 1.42. The minimum Gasteiger partial charge on any atom is -0.397 e. The summed E-state index contributed by atoms with van der Waals surface area (Å²) in [6.45, 7) is 1.90. The van der Waals surface area contributed by atoms with Crippen molar-refractivity contribution in [1.82, 2.24) is 4.98 Å². The number of halogens is 1. The number of hydrogen-bond acceptors (Lipinski definition) is 3. The number of aryl methyl sites for hydroxylation is 1. The van der Waals surface area contributed by atoms with Crippen LogP contribution in [0.25, 0.3) is 10.2 Å². The van der Waals surface area contributed by atoms with Gasteiger partial charge in [0.2, 0.25) is 5.95 Å². The number of thiophene rings is 1. The number of pyridine rings is 1. The minimum atomic E-state index is -0.455. The number of hydrogen-bond donors (Lipinski definition) is 1. The Bertz CT molecular complexity index is 436. The van der Waals surface area contributed by atoms with Crippen LogP contribution >= 0.6 is 11.3 Å². The van der Waals surface area contributed by atoms with Crippen LogP contribution in [-0.4, -0.2) is 4.98 Å². The van der Waals surface area contributed by atoms with E-state index in [1.54, 1.807) is 6.07 Å². The first kappa shape index (κ1) is 7.49. The van der Waals surface area contributed by atoms with E-state index in [0.29, 0.717) is 10.5 Å². The maximum atomic E-state index is 12.6. The van der Waals surface area contributed by atoms with Gasteiger partial charge in [-0.2, -0.15) is 4.39 Å². The summed E-state index contributed by atoms with van der Waals surface area (Å²) in [7, 11) is 0. The number of rotatable bonds is 0. The molecule has 0 radical (unpaired) electrons. The van der Waals surface area contributed by atoms with Crippen LogP contribution in [0.2, 0.25) is 0 Å². The van der Waals surface area contributed by atoms with E-state index in [2.05, 4.69) is 4.98 Å². The van der Waals surface area contributed by atoms with Gasteiger partial charge in [-0.15, -0.1) is 11.3 Å². The van der Waals surface area contributed by atoms with Crippen LogP contribution in [0.3, 0.4) is 0 Å². The van der Waals surface area contributed by atoms with Crippen LogP contribution in [0.5, 0.6) is 0 Å². The molecule has 0 aliphatic rings. The Kier molecular flexibility index (Phi) is 1.51. The van der Waals surface area contributed by atoms with Gasteiger partial charge in [-0.1, -0.05) is 0 Å². The minimum absolute atomic E-state index is 0.455. The molecule has 0 amide bonds. The van der Waals surface area contributed by atoms with Gasteiger partial charge in [0.15, 0.2) is 0 Å². The van der Waals surface area contributed by atoms with E-state index < -0.39 is 5.95 Å². The van der Waals surface area contributed by atoms with E-state index in [1.165, 1.54) is 17.4 Å². The molecule has 2 rings (SSSR count). The standard InChI is InChI=1S/C8H7FN2S/c1-4-7(10)5-2-3-6(9)11-8(5)12-4/h2-3H,10H2,1H3. The van der Waals surface area contributed by atoms with Gasteiger partial charge in [-0.25, -0.2) is 4.98 Å². The summed E-state index contributed by atoms with van der Waals surface area (Å²) in [6.07, 6.45) is 0. The highest BCUT2D eigenvalue weighted by Gasteiger charge is 2.06. The molecule has 2 aromatic heterocycles. The smallest absolute Gasteiger partial charge is 0.214 e. The number of nitrogens with zero attached hydrogens (tertiary/aromatic N) is 1. The maximum Gasteiger partial charge on any atom is 0.214 e. The van der Waals surface area contributed by atoms with Gasteiger partial charge in [-0.05, 0) is 19.1 Å². The van der Waals surface area contributed by atoms with Gasteiger partial charge in [-0.3, -0.25) is 0 Å². The zero-order valence-corrected chi connectivity index (χ0v) is 7.28. The third-order valence-electron chi connectivity index (χ3n) is 1.75. The Balaban J connectivity index is 2.87. The molecule has 0 fully saturated rings. The Hall–Kier alpha value is -1.16. The van der Waals surface area contributed by atoms with Crippen molar-refractivity contribution >= 4 is 27.2 Å². The van der Waals surface area contributed by atoms with Gasteiger partial charge < -0.3 is 5.73 Å². The normalized spacial score (nSPS) is 10.8. The van der Waals surface area contributed by atoms with Crippen molar-refractivity contribution in [3.05, 3.63) is 23.0 Å². The lowest BCUT2D eigenvalue weighted by Crippen LogP contribution is -1.85. The molecule has 0 aromatic carbocycles. The average molecular weight is 182 g/mol. The lowest BCUT2D eigenvalue weighted by molar-refractivity contribution is 0.590. The molecule has 0 atom stereocenters. The largest absolute Gasteiger partial charge is 0.397 e. The van der Waals surface area contributed by atoms with Crippen molar-refractivity contribution in [2.75, 3.05) is 5.73 Å². The van der Waals surface area contributed by atoms with Gasteiger partial charge in [0.1, 0.15) is 4.83 Å². The summed E-state index contributed by atoms with van der Waals surface area (Å²) in [4.78, 5) is 5.39. The molecule has 0 saturated carbocycles. The summed E-state index contributed by atoms with van der Waals surface area (Å²) in [5, 5.41) is 0.846. The summed E-state index contributed by atoms with van der Waals surface area (Å²) < 4.78 is 12.6. The molecular weight excluding hydrogens is 175 g/mol. The first-order valence-electron chi connectivity index (χ1n) is 3.49. The lowest BCUT2D eigenvalue weighted by atomic mass is 10.3. The predicted molar refractivity (Wildman–Crippen MR) is 48.7 cm³/mol. The Labute approximate surface area is 72.8 Å². The van der Waals surface area contributed by atoms with Gasteiger partial charge in [0.25, 0.3) is 0 Å². The topological polar surface area (TPSA) is 38.9 Å². The Morgan fingerprint density at radius 2 is 2.25 bits per heavy atom. The van der Waals surface area contributed by atoms with Gasteiger partial charge in [0, 0.05) is 10.3 Å². The molecular formula is C8H7FN2S. The molecule has 4 heteroatoms. The first-order valence-corrected chi connectivity index (χ1v) is 4.31. The van der Waals surface area contributed by atoms with Crippen LogP contribution in [0.15, 0.2) is 12.1 Å². The highest BCUT2D eigenvalue weighted by Crippen LogP contribution is 2.31. The summed E-state index contributed by atoms with van der Waals surface area (Å²) in [5.74, 6) is -0.455. The second kappa shape index (κ2) is 2.42. The van der Waals surface area contributed by atoms with Crippen molar-refractivity contribution in [3.63, 3.8) is 0 Å². The molecule has 2 nitrogen and oxygen atoms in total. The quantitative estimate of drug-likeness (QED) is 0.635. The van der Waals surface area contributed by atoms with Crippen molar-refractivity contribution in [3.8, 4) is 0 Å². The van der Waals surface area contributed by atoms with Crippen LogP contribution in [0, 0.1) is 12.9 Å². The van der Waals surface area contributed by atoms with E-state index in [0.717, 1.165) is 10.3 Å². The first-order chi connectivity index (χ1) is 5.68. The van der Waals surface area contributed by atoms with Crippen LogP contribution in [-0.2, 0) is 0 Å². The van der Waals surface area contributed by atoms with E-state index in [1.807, 2.05) is 6.92 Å².